The maximum absolute atomic E-state index is 14.4. The van der Waals surface area contributed by atoms with Gasteiger partial charge in [-0.3, -0.25) is 14.5 Å². The van der Waals surface area contributed by atoms with Gasteiger partial charge in [-0.25, -0.2) is 9.59 Å². The highest BCUT2D eigenvalue weighted by atomic mass is 16.4. The minimum absolute atomic E-state index is 0.0597. The summed E-state index contributed by atoms with van der Waals surface area (Å²) in [7, 11) is 1.63. The van der Waals surface area contributed by atoms with E-state index >= 15 is 0 Å². The van der Waals surface area contributed by atoms with Crippen LogP contribution < -0.4 is 4.90 Å². The van der Waals surface area contributed by atoms with Gasteiger partial charge in [0.25, 0.3) is 0 Å². The number of aliphatic carboxylic acids is 1. The number of carbonyl (C=O) groups excluding carboxylic acids is 3. The zero-order chi connectivity index (χ0) is 31.9. The number of carboxylic acid groups (broad SMARTS) is 1. The highest BCUT2D eigenvalue weighted by molar-refractivity contribution is 6.01. The number of hydrogen-bond acceptors (Lipinski definition) is 4. The van der Waals surface area contributed by atoms with Gasteiger partial charge in [0.2, 0.25) is 5.91 Å². The molecular weight excluding hydrogens is 558 g/mol. The Labute approximate surface area is 262 Å². The van der Waals surface area contributed by atoms with Crippen molar-refractivity contribution in [2.24, 2.45) is 0 Å². The molecule has 44 heavy (non-hydrogen) atoms. The second-order valence-corrected chi connectivity index (χ2v) is 11.4. The topological polar surface area (TPSA) is 105 Å². The van der Waals surface area contributed by atoms with Crippen LogP contribution in [-0.2, 0) is 9.59 Å². The number of likely N-dealkylation sites (N-methyl/N-ethyl adjacent to an activating group) is 1. The van der Waals surface area contributed by atoms with Gasteiger partial charge in [0.05, 0.1) is 17.9 Å². The normalized spacial score (nSPS) is 14.7. The number of urea groups is 2. The summed E-state index contributed by atoms with van der Waals surface area (Å²) in [4.78, 5) is 61.6. The molecule has 2 aromatic rings. The minimum atomic E-state index is -0.926. The number of unbranched alkanes of at least 4 members (excludes halogenated alkanes) is 4. The number of carbonyl (C=O) groups is 4. The second kappa shape index (κ2) is 17.9. The van der Waals surface area contributed by atoms with Gasteiger partial charge in [0.15, 0.2) is 0 Å². The van der Waals surface area contributed by atoms with Crippen molar-refractivity contribution in [3.63, 3.8) is 0 Å². The molecule has 0 aromatic heterocycles. The van der Waals surface area contributed by atoms with E-state index in [4.69, 9.17) is 5.11 Å². The average molecular weight is 608 g/mol. The molecular formula is C34H49N5O5. The van der Waals surface area contributed by atoms with Crippen LogP contribution in [0.4, 0.5) is 21.0 Å². The van der Waals surface area contributed by atoms with E-state index in [0.717, 1.165) is 38.5 Å². The number of para-hydroxylation sites is 2. The van der Waals surface area contributed by atoms with Gasteiger partial charge in [-0.05, 0) is 43.5 Å². The van der Waals surface area contributed by atoms with E-state index in [-0.39, 0.29) is 44.0 Å². The zero-order valence-corrected chi connectivity index (χ0v) is 26.6. The van der Waals surface area contributed by atoms with Crippen LogP contribution in [0.15, 0.2) is 60.7 Å². The number of rotatable bonds is 15. The monoisotopic (exact) mass is 607 g/mol. The predicted octanol–water partition coefficient (Wildman–Crippen LogP) is 6.06. The van der Waals surface area contributed by atoms with Gasteiger partial charge >= 0.3 is 18.0 Å². The summed E-state index contributed by atoms with van der Waals surface area (Å²) in [5.41, 5.74) is 1.34. The first-order valence-corrected chi connectivity index (χ1v) is 16.0. The Bertz CT molecular complexity index is 1150. The maximum Gasteiger partial charge on any atom is 0.329 e. The third kappa shape index (κ3) is 9.72. The van der Waals surface area contributed by atoms with Crippen LogP contribution in [0.3, 0.4) is 0 Å². The summed E-state index contributed by atoms with van der Waals surface area (Å²) >= 11 is 0. The Morgan fingerprint density at radius 3 is 1.80 bits per heavy atom. The molecule has 0 bridgehead atoms. The Morgan fingerprint density at radius 2 is 1.30 bits per heavy atom. The van der Waals surface area contributed by atoms with Crippen molar-refractivity contribution in [1.82, 2.24) is 19.6 Å². The largest absolute Gasteiger partial charge is 0.481 e. The number of anilines is 2. The number of benzene rings is 2. The summed E-state index contributed by atoms with van der Waals surface area (Å²) in [5.74, 6) is -1.24. The fraction of sp³-hybridized carbons (Fsp3) is 0.529. The third-order valence-corrected chi connectivity index (χ3v) is 8.00. The summed E-state index contributed by atoms with van der Waals surface area (Å²) in [6.45, 7) is 6.41. The Balaban J connectivity index is 1.91. The highest BCUT2D eigenvalue weighted by Gasteiger charge is 2.41. The first kappa shape index (κ1) is 34.4. The van der Waals surface area contributed by atoms with Crippen LogP contribution >= 0.6 is 0 Å². The number of hydrogen-bond donors (Lipinski definition) is 1. The SMILES string of the molecule is CCCCCN(CCCCC)C(=O)N1CCN(C(=O)N(c2ccccc2)c2ccccc2)C(C(=O)N(C)CCCC(=O)O)C1. The van der Waals surface area contributed by atoms with Gasteiger partial charge in [-0.1, -0.05) is 75.9 Å². The number of carboxylic acids is 1. The predicted molar refractivity (Wildman–Crippen MR) is 173 cm³/mol. The van der Waals surface area contributed by atoms with Crippen molar-refractivity contribution in [3.05, 3.63) is 60.7 Å². The highest BCUT2D eigenvalue weighted by Crippen LogP contribution is 2.28. The van der Waals surface area contributed by atoms with Crippen LogP contribution in [0.5, 0.6) is 0 Å². The first-order chi connectivity index (χ1) is 21.3. The van der Waals surface area contributed by atoms with E-state index in [2.05, 4.69) is 13.8 Å². The molecule has 5 amide bonds. The average Bonchev–Trinajstić information content (AvgIpc) is 3.04. The van der Waals surface area contributed by atoms with E-state index in [1.165, 1.54) is 4.90 Å². The molecule has 3 rings (SSSR count). The minimum Gasteiger partial charge on any atom is -0.481 e. The second-order valence-electron chi connectivity index (χ2n) is 11.4. The van der Waals surface area contributed by atoms with Crippen LogP contribution in [-0.4, -0.2) is 101 Å². The van der Waals surface area contributed by atoms with Gasteiger partial charge in [0.1, 0.15) is 6.04 Å². The molecule has 1 atom stereocenters. The molecule has 1 unspecified atom stereocenters. The van der Waals surface area contributed by atoms with Gasteiger partial charge in [0, 0.05) is 46.2 Å². The first-order valence-electron chi connectivity index (χ1n) is 16.0. The van der Waals surface area contributed by atoms with Crippen molar-refractivity contribution in [1.29, 1.82) is 0 Å². The van der Waals surface area contributed by atoms with E-state index in [1.54, 1.807) is 21.7 Å². The summed E-state index contributed by atoms with van der Waals surface area (Å²) in [6, 6.07) is 17.2. The Kier molecular flexibility index (Phi) is 14.0. The fourth-order valence-electron chi connectivity index (χ4n) is 5.49. The van der Waals surface area contributed by atoms with Crippen LogP contribution in [0.1, 0.15) is 65.2 Å². The van der Waals surface area contributed by atoms with E-state index in [0.29, 0.717) is 37.4 Å². The molecule has 240 valence electrons. The smallest absolute Gasteiger partial charge is 0.329 e. The lowest BCUT2D eigenvalue weighted by Gasteiger charge is -2.44. The molecule has 0 spiro atoms. The van der Waals surface area contributed by atoms with Crippen LogP contribution in [0.2, 0.25) is 0 Å². The van der Waals surface area contributed by atoms with Crippen molar-refractivity contribution in [2.45, 2.75) is 71.3 Å². The standard InChI is InChI=1S/C34H49N5O5/c1-4-6-14-23-36(24-15-7-5-2)33(43)37-25-26-38(30(27-37)32(42)35(3)22-16-21-31(40)41)34(44)39(28-17-10-8-11-18-28)29-19-12-9-13-20-29/h8-13,17-20,30H,4-7,14-16,21-27H2,1-3H3,(H,40,41). The molecule has 1 heterocycles. The van der Waals surface area contributed by atoms with Crippen molar-refractivity contribution in [3.8, 4) is 0 Å². The molecule has 1 aliphatic heterocycles. The van der Waals surface area contributed by atoms with Crippen molar-refractivity contribution >= 4 is 35.3 Å². The van der Waals surface area contributed by atoms with Crippen LogP contribution in [0.25, 0.3) is 0 Å². The van der Waals surface area contributed by atoms with Crippen molar-refractivity contribution in [2.75, 3.05) is 51.2 Å². The molecule has 1 aliphatic rings. The lowest BCUT2D eigenvalue weighted by Crippen LogP contribution is -2.64. The molecule has 0 aliphatic carbocycles. The summed E-state index contributed by atoms with van der Waals surface area (Å²) < 4.78 is 0. The Hall–Kier alpha value is -4.08. The molecule has 0 radical (unpaired) electrons. The lowest BCUT2D eigenvalue weighted by atomic mass is 10.1. The zero-order valence-electron chi connectivity index (χ0n) is 26.6. The molecule has 1 saturated heterocycles. The van der Waals surface area contributed by atoms with Gasteiger partial charge < -0.3 is 24.7 Å². The Morgan fingerprint density at radius 1 is 0.750 bits per heavy atom. The van der Waals surface area contributed by atoms with E-state index in [9.17, 15) is 19.2 Å². The molecule has 1 fully saturated rings. The summed E-state index contributed by atoms with van der Waals surface area (Å²) in [5, 5.41) is 9.10. The maximum atomic E-state index is 14.4. The van der Waals surface area contributed by atoms with E-state index < -0.39 is 12.0 Å². The molecule has 1 N–H and O–H groups in total. The molecule has 10 nitrogen and oxygen atoms in total. The lowest BCUT2D eigenvalue weighted by molar-refractivity contribution is -0.139. The van der Waals surface area contributed by atoms with Gasteiger partial charge in [-0.15, -0.1) is 0 Å². The fourth-order valence-corrected chi connectivity index (χ4v) is 5.49. The molecule has 10 heteroatoms. The van der Waals surface area contributed by atoms with E-state index in [1.807, 2.05) is 65.6 Å². The van der Waals surface area contributed by atoms with Crippen LogP contribution in [0, 0.1) is 0 Å². The quantitative estimate of drug-likeness (QED) is 0.248. The van der Waals surface area contributed by atoms with Gasteiger partial charge in [-0.2, -0.15) is 0 Å². The molecule has 0 saturated carbocycles. The van der Waals surface area contributed by atoms with Crippen molar-refractivity contribution < 1.29 is 24.3 Å². The number of amides is 5. The number of nitrogens with zero attached hydrogens (tertiary/aromatic N) is 5. The summed E-state index contributed by atoms with van der Waals surface area (Å²) in [6.07, 6.45) is 6.27. The third-order valence-electron chi connectivity index (χ3n) is 8.00. The number of piperazine rings is 1. The molecule has 2 aromatic carbocycles.